The lowest BCUT2D eigenvalue weighted by molar-refractivity contribution is -0.146. The molecule has 0 spiro atoms. The molecule has 0 heterocycles. The molecule has 0 saturated carbocycles. The molecule has 160 valence electrons. The van der Waals surface area contributed by atoms with E-state index in [0.717, 1.165) is 5.56 Å². The predicted molar refractivity (Wildman–Crippen MR) is 120 cm³/mol. The summed E-state index contributed by atoms with van der Waals surface area (Å²) in [4.78, 5) is 24.5. The first-order chi connectivity index (χ1) is 14.0. The van der Waals surface area contributed by atoms with Crippen LogP contribution in [0.4, 0.5) is 4.79 Å². The highest BCUT2D eigenvalue weighted by Gasteiger charge is 2.44. The van der Waals surface area contributed by atoms with E-state index in [2.05, 4.69) is 10.6 Å². The van der Waals surface area contributed by atoms with Crippen LogP contribution in [0.25, 0.3) is 0 Å². The smallest absolute Gasteiger partial charge is 0.413 e. The number of halogens is 1. The summed E-state index contributed by atoms with van der Waals surface area (Å²) in [6.45, 7) is 5.84. The second-order valence-corrected chi connectivity index (χ2v) is 8.94. The van der Waals surface area contributed by atoms with Crippen LogP contribution in [0.2, 0.25) is 5.02 Å². The number of rotatable bonds is 6. The third-order valence-electron chi connectivity index (χ3n) is 4.25. The number of ether oxygens (including phenoxy) is 1. The van der Waals surface area contributed by atoms with Crippen LogP contribution in [0.5, 0.6) is 0 Å². The van der Waals surface area contributed by atoms with Crippen molar-refractivity contribution in [2.45, 2.75) is 39.3 Å². The number of carbonyl (C=O) groups is 2. The van der Waals surface area contributed by atoms with Gasteiger partial charge in [-0.05, 0) is 47.3 Å². The van der Waals surface area contributed by atoms with E-state index in [9.17, 15) is 14.7 Å². The monoisotopic (exact) mass is 448 g/mol. The maximum Gasteiger partial charge on any atom is 0.413 e. The molecule has 30 heavy (non-hydrogen) atoms. The second-order valence-electron chi connectivity index (χ2n) is 8.10. The first-order valence-corrected chi connectivity index (χ1v) is 10.1. The van der Waals surface area contributed by atoms with Gasteiger partial charge in [-0.1, -0.05) is 74.8 Å². The van der Waals surface area contributed by atoms with Crippen LogP contribution >= 0.6 is 23.8 Å². The SMILES string of the molecule is CC(C)(C)CC(NC(=S)NC(=O)OCc1ccccc1)(C(=O)O)c1ccc(Cl)cc1. The Labute approximate surface area is 186 Å². The largest absolute Gasteiger partial charge is 0.479 e. The van der Waals surface area contributed by atoms with Crippen LogP contribution in [0.3, 0.4) is 0 Å². The molecule has 0 radical (unpaired) electrons. The van der Waals surface area contributed by atoms with E-state index in [1.165, 1.54) is 0 Å². The molecule has 2 aromatic carbocycles. The molecule has 8 heteroatoms. The predicted octanol–water partition coefficient (Wildman–Crippen LogP) is 4.86. The molecule has 1 unspecified atom stereocenters. The van der Waals surface area contributed by atoms with Crippen LogP contribution in [0.15, 0.2) is 54.6 Å². The number of carboxylic acids is 1. The minimum atomic E-state index is -1.56. The molecule has 0 bridgehead atoms. The van der Waals surface area contributed by atoms with E-state index in [4.69, 9.17) is 28.6 Å². The minimum Gasteiger partial charge on any atom is -0.479 e. The van der Waals surface area contributed by atoms with Gasteiger partial charge < -0.3 is 15.2 Å². The quantitative estimate of drug-likeness (QED) is 0.547. The number of alkyl carbamates (subject to hydrolysis) is 1. The molecule has 1 atom stereocenters. The van der Waals surface area contributed by atoms with Crippen molar-refractivity contribution in [1.29, 1.82) is 0 Å². The van der Waals surface area contributed by atoms with Gasteiger partial charge in [-0.15, -0.1) is 0 Å². The Morgan fingerprint density at radius 1 is 1.07 bits per heavy atom. The summed E-state index contributed by atoms with van der Waals surface area (Å²) in [5.41, 5.74) is -0.641. The zero-order valence-electron chi connectivity index (χ0n) is 17.1. The van der Waals surface area contributed by atoms with Gasteiger partial charge in [-0.3, -0.25) is 5.32 Å². The van der Waals surface area contributed by atoms with Gasteiger partial charge in [-0.25, -0.2) is 9.59 Å². The minimum absolute atomic E-state index is 0.0680. The van der Waals surface area contributed by atoms with Gasteiger partial charge in [0, 0.05) is 5.02 Å². The first-order valence-electron chi connectivity index (χ1n) is 9.31. The Kier molecular flexibility index (Phi) is 7.81. The van der Waals surface area contributed by atoms with E-state index in [1.54, 1.807) is 24.3 Å². The summed E-state index contributed by atoms with van der Waals surface area (Å²) in [5.74, 6) is -1.12. The molecule has 0 aliphatic carbocycles. The summed E-state index contributed by atoms with van der Waals surface area (Å²) in [7, 11) is 0. The topological polar surface area (TPSA) is 87.7 Å². The third-order valence-corrected chi connectivity index (χ3v) is 4.71. The van der Waals surface area contributed by atoms with Crippen LogP contribution in [0, 0.1) is 5.41 Å². The lowest BCUT2D eigenvalue weighted by Crippen LogP contribution is -2.57. The van der Waals surface area contributed by atoms with E-state index >= 15 is 0 Å². The summed E-state index contributed by atoms with van der Waals surface area (Å²) >= 11 is 11.2. The lowest BCUT2D eigenvalue weighted by Gasteiger charge is -2.37. The van der Waals surface area contributed by atoms with Gasteiger partial charge in [-0.2, -0.15) is 0 Å². The fourth-order valence-electron chi connectivity index (χ4n) is 3.08. The maximum atomic E-state index is 12.4. The van der Waals surface area contributed by atoms with Gasteiger partial charge in [0.15, 0.2) is 10.7 Å². The van der Waals surface area contributed by atoms with Crippen molar-refractivity contribution >= 4 is 41.0 Å². The van der Waals surface area contributed by atoms with Gasteiger partial charge in [0.25, 0.3) is 0 Å². The number of hydrogen-bond donors (Lipinski definition) is 3. The van der Waals surface area contributed by atoms with Gasteiger partial charge >= 0.3 is 12.1 Å². The molecule has 2 rings (SSSR count). The first kappa shape index (κ1) is 23.6. The molecule has 0 aliphatic rings. The van der Waals surface area contributed by atoms with E-state index in [1.807, 2.05) is 51.1 Å². The molecule has 0 aliphatic heterocycles. The maximum absolute atomic E-state index is 12.4. The van der Waals surface area contributed by atoms with Crippen LogP contribution in [-0.4, -0.2) is 22.3 Å². The zero-order chi connectivity index (χ0) is 22.4. The Bertz CT molecular complexity index is 898. The van der Waals surface area contributed by atoms with Crippen LogP contribution in [-0.2, 0) is 21.7 Å². The number of benzene rings is 2. The number of aliphatic carboxylic acids is 1. The highest BCUT2D eigenvalue weighted by molar-refractivity contribution is 7.80. The number of amides is 1. The van der Waals surface area contributed by atoms with Crippen molar-refractivity contribution in [2.24, 2.45) is 5.41 Å². The van der Waals surface area contributed by atoms with Gasteiger partial charge in [0.1, 0.15) is 6.61 Å². The van der Waals surface area contributed by atoms with E-state index in [-0.39, 0.29) is 23.6 Å². The third kappa shape index (κ3) is 6.71. The molecule has 0 aromatic heterocycles. The molecular weight excluding hydrogens is 424 g/mol. The molecule has 0 fully saturated rings. The van der Waals surface area contributed by atoms with E-state index < -0.39 is 17.6 Å². The summed E-state index contributed by atoms with van der Waals surface area (Å²) in [6, 6.07) is 15.7. The highest BCUT2D eigenvalue weighted by atomic mass is 35.5. The fourth-order valence-corrected chi connectivity index (χ4v) is 3.46. The second kappa shape index (κ2) is 9.91. The lowest BCUT2D eigenvalue weighted by atomic mass is 9.75. The van der Waals surface area contributed by atoms with Crippen LogP contribution in [0.1, 0.15) is 38.3 Å². The van der Waals surface area contributed by atoms with Gasteiger partial charge in [0.2, 0.25) is 0 Å². The normalized spacial score (nSPS) is 13.1. The number of hydrogen-bond acceptors (Lipinski definition) is 4. The highest BCUT2D eigenvalue weighted by Crippen LogP contribution is 2.36. The Morgan fingerprint density at radius 2 is 1.67 bits per heavy atom. The van der Waals surface area contributed by atoms with E-state index in [0.29, 0.717) is 10.6 Å². The number of carbonyl (C=O) groups excluding carboxylic acids is 1. The van der Waals surface area contributed by atoms with Crippen molar-refractivity contribution in [2.75, 3.05) is 0 Å². The molecule has 3 N–H and O–H groups in total. The molecule has 6 nitrogen and oxygen atoms in total. The molecule has 0 saturated heterocycles. The average Bonchev–Trinajstić information content (AvgIpc) is 2.66. The van der Waals surface area contributed by atoms with Crippen molar-refractivity contribution in [3.05, 3.63) is 70.7 Å². The summed E-state index contributed by atoms with van der Waals surface area (Å²) in [6.07, 6.45) is -0.569. The molecule has 2 aromatic rings. The van der Waals surface area contributed by atoms with Crippen molar-refractivity contribution in [1.82, 2.24) is 10.6 Å². The van der Waals surface area contributed by atoms with Crippen LogP contribution < -0.4 is 10.6 Å². The number of carboxylic acid groups (broad SMARTS) is 1. The average molecular weight is 449 g/mol. The molecular formula is C22H25ClN2O4S. The van der Waals surface area contributed by atoms with Gasteiger partial charge in [0.05, 0.1) is 0 Å². The zero-order valence-corrected chi connectivity index (χ0v) is 18.6. The Hall–Kier alpha value is -2.64. The Morgan fingerprint density at radius 3 is 2.20 bits per heavy atom. The van der Waals surface area contributed by atoms with Crippen molar-refractivity contribution in [3.63, 3.8) is 0 Å². The summed E-state index contributed by atoms with van der Waals surface area (Å²) < 4.78 is 5.15. The Balaban J connectivity index is 2.17. The number of thiocarbonyl (C=S) groups is 1. The fraction of sp³-hybridized carbons (Fsp3) is 0.318. The molecule has 1 amide bonds. The number of nitrogens with one attached hydrogen (secondary N) is 2. The van der Waals surface area contributed by atoms with Crippen molar-refractivity contribution in [3.8, 4) is 0 Å². The standard InChI is InChI=1S/C22H25ClN2O4S/c1-21(2,3)14-22(18(26)27,16-9-11-17(23)12-10-16)25-19(30)24-20(28)29-13-15-7-5-4-6-8-15/h4-12H,13-14H2,1-3H3,(H,26,27)(H2,24,25,28,30). The summed E-state index contributed by atoms with van der Waals surface area (Å²) in [5, 5.41) is 15.7. The van der Waals surface area contributed by atoms with Crippen molar-refractivity contribution < 1.29 is 19.4 Å².